The molecule has 1 aliphatic carbocycles. The number of para-hydroxylation sites is 1. The Hall–Kier alpha value is -7.51. The normalized spacial score (nSPS) is 17.7. The molecule has 0 radical (unpaired) electrons. The van der Waals surface area contributed by atoms with E-state index in [1.807, 2.05) is 85.9 Å². The van der Waals surface area contributed by atoms with Crippen LogP contribution in [0.4, 0.5) is 46.9 Å². The topological polar surface area (TPSA) is 157 Å². The minimum Gasteiger partial charge on any atom is -0.446 e. The lowest BCUT2D eigenvalue weighted by molar-refractivity contribution is -0.143. The summed E-state index contributed by atoms with van der Waals surface area (Å²) in [5.41, 5.74) is 1.07. The van der Waals surface area contributed by atoms with Crippen molar-refractivity contribution in [2.75, 3.05) is 117 Å². The Bertz CT molecular complexity index is 3630. The van der Waals surface area contributed by atoms with Gasteiger partial charge in [0.25, 0.3) is 11.8 Å². The summed E-state index contributed by atoms with van der Waals surface area (Å²) >= 11 is 0. The molecule has 5 amide bonds. The Morgan fingerprint density at radius 3 is 1.94 bits per heavy atom. The molecule has 0 saturated carbocycles. The molecule has 3 heterocycles. The largest absolute Gasteiger partial charge is 0.446 e. The van der Waals surface area contributed by atoms with Crippen molar-refractivity contribution in [3.05, 3.63) is 190 Å². The number of hydrogen-bond donors (Lipinski definition) is 2. The van der Waals surface area contributed by atoms with E-state index in [4.69, 9.17) is 14.2 Å². The lowest BCUT2D eigenvalue weighted by Gasteiger charge is -2.44. The molecule has 3 aliphatic heterocycles. The summed E-state index contributed by atoms with van der Waals surface area (Å²) in [6.07, 6.45) is -4.67. The van der Waals surface area contributed by atoms with E-state index in [2.05, 4.69) is 32.6 Å². The lowest BCUT2D eigenvalue weighted by atomic mass is 9.72. The van der Waals surface area contributed by atoms with E-state index in [-0.39, 0.29) is 106 Å². The predicted octanol–water partition coefficient (Wildman–Crippen LogP) is 13.9. The highest BCUT2D eigenvalue weighted by atomic mass is 35.5. The number of ether oxygens (including phenoxy) is 3. The number of fused-ring (bicyclic) bond motifs is 2. The summed E-state index contributed by atoms with van der Waals surface area (Å²) in [6, 6.07) is 39.1. The number of nitrogens with one attached hydrogen (secondary N) is 2. The fourth-order valence-corrected chi connectivity index (χ4v) is 13.5. The van der Waals surface area contributed by atoms with Gasteiger partial charge in [-0.1, -0.05) is 91.3 Å². The van der Waals surface area contributed by atoms with E-state index in [0.717, 1.165) is 84.6 Å². The lowest BCUT2D eigenvalue weighted by Crippen LogP contribution is -2.50. The molecule has 3 saturated heterocycles. The van der Waals surface area contributed by atoms with Gasteiger partial charge < -0.3 is 48.9 Å². The van der Waals surface area contributed by atoms with Crippen molar-refractivity contribution in [1.29, 1.82) is 0 Å². The number of rotatable bonds is 25. The van der Waals surface area contributed by atoms with E-state index in [0.29, 0.717) is 87.4 Å². The Balaban J connectivity index is 0.00000459. The van der Waals surface area contributed by atoms with Gasteiger partial charge in [-0.15, -0.1) is 37.2 Å². The number of halogens is 10. The second-order valence-electron chi connectivity index (χ2n) is 25.6. The van der Waals surface area contributed by atoms with Crippen LogP contribution in [-0.4, -0.2) is 178 Å². The number of likely N-dealkylation sites (N-methyl/N-ethyl adjacent to an activating group) is 3. The third kappa shape index (κ3) is 20.2. The van der Waals surface area contributed by atoms with Crippen LogP contribution in [0.2, 0.25) is 0 Å². The predicted molar refractivity (Wildman–Crippen MR) is 372 cm³/mol. The van der Waals surface area contributed by atoms with Crippen molar-refractivity contribution in [2.45, 2.75) is 99.8 Å². The number of alkyl halides is 6. The van der Waals surface area contributed by atoms with Crippen molar-refractivity contribution in [1.82, 2.24) is 29.4 Å². The maximum Gasteiger partial charge on any atom is 0.416 e. The van der Waals surface area contributed by atoms with Gasteiger partial charge in [-0.05, 0) is 147 Å². The zero-order chi connectivity index (χ0) is 68.2. The summed E-state index contributed by atoms with van der Waals surface area (Å²) in [4.78, 5) is 77.3. The summed E-state index contributed by atoms with van der Waals surface area (Å²) in [5, 5.41) is 6.34. The Labute approximate surface area is 592 Å². The number of nitrogens with zero attached hydrogens (tertiary/aromatic N) is 6. The van der Waals surface area contributed by atoms with Gasteiger partial charge in [0.2, 0.25) is 11.8 Å². The Morgan fingerprint density at radius 2 is 1.26 bits per heavy atom. The van der Waals surface area contributed by atoms with Gasteiger partial charge in [0.15, 0.2) is 0 Å². The molecule has 6 aromatic rings. The van der Waals surface area contributed by atoms with Gasteiger partial charge in [-0.3, -0.25) is 24.5 Å². The number of benzene rings is 6. The van der Waals surface area contributed by atoms with Crippen LogP contribution in [0.5, 0.6) is 0 Å². The Morgan fingerprint density at radius 1 is 0.646 bits per heavy atom. The van der Waals surface area contributed by atoms with Crippen LogP contribution in [-0.2, 0) is 53.6 Å². The molecule has 26 heteroatoms. The smallest absolute Gasteiger partial charge is 0.416 e. The number of piperidine rings is 2. The van der Waals surface area contributed by atoms with Crippen LogP contribution >= 0.6 is 37.2 Å². The molecule has 10 rings (SSSR count). The van der Waals surface area contributed by atoms with Crippen molar-refractivity contribution in [3.63, 3.8) is 0 Å². The molecule has 99 heavy (non-hydrogen) atoms. The Kier molecular flexibility index (Phi) is 28.0. The third-order valence-electron chi connectivity index (χ3n) is 19.3. The fourth-order valence-electron chi connectivity index (χ4n) is 13.5. The van der Waals surface area contributed by atoms with Gasteiger partial charge in [0.05, 0.1) is 29.5 Å². The first-order valence-corrected chi connectivity index (χ1v) is 32.8. The number of hydrogen-bond acceptors (Lipinski definition) is 11. The molecular weight excluding hydrogens is 1360 g/mol. The van der Waals surface area contributed by atoms with E-state index >= 15 is 0 Å². The first-order valence-electron chi connectivity index (χ1n) is 32.8. The minimum atomic E-state index is -5.15. The molecule has 1 spiro atoms. The number of likely N-dealkylation sites (tertiary alicyclic amines) is 2. The van der Waals surface area contributed by atoms with Crippen LogP contribution < -0.4 is 10.6 Å². The number of carbonyl (C=O) groups excluding carboxylic acids is 5. The fraction of sp³-hybridized carbons (Fsp3) is 0.438. The second kappa shape index (κ2) is 35.2. The highest BCUT2D eigenvalue weighted by molar-refractivity contribution is 5.95. The van der Waals surface area contributed by atoms with E-state index in [1.165, 1.54) is 24.3 Å². The molecular formula is C73H86Cl3F7N8O8. The van der Waals surface area contributed by atoms with Gasteiger partial charge in [-0.25, -0.2) is 9.18 Å². The standard InChI is InChI=1S/C73H83F7N8O8.3ClH/c1-83(42-43-86-35-29-60(30-36-86)96-69(93)82-63-19-12-10-17-61(63)51-14-6-4-7-15-51)65(89)20-8-5-13-34-81-59-27-21-52(22-28-59)67(91)85(3)41-40-84(2)66(90)48-94-64-46-53-16-9-11-18-62(53)70(64)31-37-87(38-32-70)39-33-71(55-23-25-58(74)26-24-55)49-88(50-95-71)68(92)54-44-56(72(75,76)77)47-57(45-54)73(78,79)80;;;/h4,6-7,9-12,14-19,21-28,44-45,47,60,64,81H,5,8,13,20,29-43,46,48-50H2,1-3H3,(H,82,93);3*1H/t64-,71-;;;/m0.../s1. The quantitative estimate of drug-likeness (QED) is 0.0415. The zero-order valence-electron chi connectivity index (χ0n) is 55.6. The number of amides is 5. The van der Waals surface area contributed by atoms with Crippen molar-refractivity contribution in [3.8, 4) is 11.1 Å². The molecule has 2 N–H and O–H groups in total. The second-order valence-corrected chi connectivity index (χ2v) is 25.6. The summed E-state index contributed by atoms with van der Waals surface area (Å²) in [5.74, 6) is -1.93. The number of unbranched alkanes of at least 4 members (excludes halogenated alkanes) is 2. The minimum absolute atomic E-state index is 0. The molecule has 4 aliphatic rings. The van der Waals surface area contributed by atoms with Gasteiger partial charge in [-0.2, -0.15) is 26.3 Å². The van der Waals surface area contributed by atoms with Crippen molar-refractivity contribution >= 4 is 78.3 Å². The highest BCUT2D eigenvalue weighted by Gasteiger charge is 2.50. The summed E-state index contributed by atoms with van der Waals surface area (Å²) in [7, 11) is 5.22. The van der Waals surface area contributed by atoms with Crippen LogP contribution in [0.15, 0.2) is 146 Å². The van der Waals surface area contributed by atoms with Gasteiger partial charge >= 0.3 is 18.4 Å². The first-order chi connectivity index (χ1) is 46.0. The maximum atomic E-state index is 14.2. The molecule has 0 unspecified atom stereocenters. The maximum absolute atomic E-state index is 14.2. The molecule has 6 aromatic carbocycles. The zero-order valence-corrected chi connectivity index (χ0v) is 58.0. The highest BCUT2D eigenvalue weighted by Crippen LogP contribution is 2.48. The summed E-state index contributed by atoms with van der Waals surface area (Å²) < 4.78 is 116. The van der Waals surface area contributed by atoms with E-state index in [1.54, 1.807) is 40.9 Å². The number of carbonyl (C=O) groups is 5. The average Bonchev–Trinajstić information content (AvgIpc) is 1.61. The van der Waals surface area contributed by atoms with Crippen LogP contribution in [0.1, 0.15) is 106 Å². The first kappa shape index (κ1) is 78.8. The van der Waals surface area contributed by atoms with Crippen molar-refractivity contribution < 1.29 is 68.9 Å². The van der Waals surface area contributed by atoms with E-state index < -0.39 is 64.6 Å². The molecule has 0 bridgehead atoms. The monoisotopic (exact) mass is 1440 g/mol. The van der Waals surface area contributed by atoms with Crippen LogP contribution in [0.25, 0.3) is 11.1 Å². The van der Waals surface area contributed by atoms with E-state index in [9.17, 15) is 54.7 Å². The number of anilines is 2. The molecule has 3 fully saturated rings. The van der Waals surface area contributed by atoms with Crippen LogP contribution in [0.3, 0.4) is 0 Å². The van der Waals surface area contributed by atoms with Crippen LogP contribution in [0, 0.1) is 5.82 Å². The molecule has 2 atom stereocenters. The molecule has 536 valence electrons. The summed E-state index contributed by atoms with van der Waals surface area (Å²) in [6.45, 7) is 4.96. The average molecular weight is 1440 g/mol. The molecule has 16 nitrogen and oxygen atoms in total. The van der Waals surface area contributed by atoms with Gasteiger partial charge in [0, 0.05) is 108 Å². The van der Waals surface area contributed by atoms with Crippen molar-refractivity contribution in [2.24, 2.45) is 0 Å². The van der Waals surface area contributed by atoms with Gasteiger partial charge in [0.1, 0.15) is 30.9 Å². The SMILES string of the molecule is CN(CCN1CCC(OC(=O)Nc2ccccc2-c2ccccc2)CC1)C(=O)CCCCCNc1ccc(C(=O)N(C)CCN(C)C(=O)CO[C@H]2Cc3ccccc3C23CCN(CC[C@@]2(c4ccc(F)cc4)CN(C(=O)c4cc(C(F)(F)F)cc(C(F)(F)F)c4)CO2)CC3)cc1.Cl.Cl.Cl. The third-order valence-corrected chi connectivity index (χ3v) is 19.3. The molecule has 0 aromatic heterocycles.